The minimum atomic E-state index is 0.841. The Morgan fingerprint density at radius 2 is 1.73 bits per heavy atom. The normalized spacial score (nSPS) is 11.2. The maximum absolute atomic E-state index is 5.56. The third-order valence-electron chi connectivity index (χ3n) is 4.59. The summed E-state index contributed by atoms with van der Waals surface area (Å²) in [7, 11) is 3.73. The van der Waals surface area contributed by atoms with Crippen LogP contribution in [-0.2, 0) is 13.1 Å². The summed E-state index contributed by atoms with van der Waals surface area (Å²) >= 11 is 3.58. The monoisotopic (exact) mass is 412 g/mol. The van der Waals surface area contributed by atoms with Crippen molar-refractivity contribution in [3.63, 3.8) is 0 Å². The first-order valence-electron chi connectivity index (χ1n) is 8.87. The first-order valence-corrected chi connectivity index (χ1v) is 9.66. The summed E-state index contributed by atoms with van der Waals surface area (Å²) in [4.78, 5) is 2.46. The minimum Gasteiger partial charge on any atom is -0.496 e. The van der Waals surface area contributed by atoms with Crippen LogP contribution < -0.4 is 10.1 Å². The maximum Gasteiger partial charge on any atom is 0.123 e. The Morgan fingerprint density at radius 3 is 2.54 bits per heavy atom. The van der Waals surface area contributed by atoms with E-state index < -0.39 is 0 Å². The van der Waals surface area contributed by atoms with Crippen molar-refractivity contribution in [3.8, 4) is 5.75 Å². The van der Waals surface area contributed by atoms with Crippen LogP contribution in [0.5, 0.6) is 5.75 Å². The number of rotatable bonds is 8. The first-order chi connectivity index (χ1) is 12.7. The molecule has 0 atom stereocenters. The topological polar surface area (TPSA) is 24.5 Å². The molecule has 3 aromatic carbocycles. The Morgan fingerprint density at radius 1 is 0.962 bits per heavy atom. The molecule has 3 aromatic rings. The molecule has 0 fully saturated rings. The highest BCUT2D eigenvalue weighted by atomic mass is 79.9. The summed E-state index contributed by atoms with van der Waals surface area (Å²) in [5.41, 5.74) is 2.55. The lowest BCUT2D eigenvalue weighted by molar-refractivity contribution is 0.255. The van der Waals surface area contributed by atoms with Gasteiger partial charge in [0.25, 0.3) is 0 Å². The van der Waals surface area contributed by atoms with Gasteiger partial charge >= 0.3 is 0 Å². The van der Waals surface area contributed by atoms with Crippen LogP contribution >= 0.6 is 15.9 Å². The van der Waals surface area contributed by atoms with Crippen molar-refractivity contribution in [1.82, 2.24) is 10.2 Å². The van der Waals surface area contributed by atoms with Crippen molar-refractivity contribution in [1.29, 1.82) is 0 Å². The van der Waals surface area contributed by atoms with Gasteiger partial charge in [-0.15, -0.1) is 0 Å². The number of benzene rings is 3. The molecule has 0 aliphatic carbocycles. The molecule has 0 unspecified atom stereocenters. The fourth-order valence-corrected chi connectivity index (χ4v) is 3.68. The van der Waals surface area contributed by atoms with E-state index in [4.69, 9.17) is 4.74 Å². The van der Waals surface area contributed by atoms with E-state index in [9.17, 15) is 0 Å². The molecule has 0 heterocycles. The largest absolute Gasteiger partial charge is 0.496 e. The minimum absolute atomic E-state index is 0.841. The van der Waals surface area contributed by atoms with Crippen LogP contribution in [0.15, 0.2) is 65.1 Å². The van der Waals surface area contributed by atoms with E-state index in [1.165, 1.54) is 21.9 Å². The Labute approximate surface area is 164 Å². The molecule has 0 saturated heterocycles. The molecule has 26 heavy (non-hydrogen) atoms. The average Bonchev–Trinajstić information content (AvgIpc) is 2.66. The number of fused-ring (bicyclic) bond motifs is 1. The fraction of sp³-hybridized carbons (Fsp3) is 0.273. The smallest absolute Gasteiger partial charge is 0.123 e. The van der Waals surface area contributed by atoms with Gasteiger partial charge in [0.15, 0.2) is 0 Å². The van der Waals surface area contributed by atoms with Gasteiger partial charge in [-0.3, -0.25) is 4.90 Å². The van der Waals surface area contributed by atoms with E-state index in [0.717, 1.165) is 36.4 Å². The predicted molar refractivity (Wildman–Crippen MR) is 113 cm³/mol. The molecule has 3 rings (SSSR count). The number of nitrogens with one attached hydrogen (secondary N) is 1. The lowest BCUT2D eigenvalue weighted by Gasteiger charge is -2.24. The molecule has 0 spiro atoms. The van der Waals surface area contributed by atoms with Crippen molar-refractivity contribution < 1.29 is 4.74 Å². The Bertz CT molecular complexity index is 860. The van der Waals surface area contributed by atoms with Crippen LogP contribution in [0.3, 0.4) is 0 Å². The van der Waals surface area contributed by atoms with Crippen LogP contribution in [-0.4, -0.2) is 32.1 Å². The SMILES string of the molecule is CNCCN(Cc1cc(Br)ccc1OC)Cc1cccc2ccccc12. The van der Waals surface area contributed by atoms with Crippen LogP contribution in [0, 0.1) is 0 Å². The number of ether oxygens (including phenoxy) is 1. The standard InChI is InChI=1S/C22H25BrN2O/c1-24-12-13-25(16-19-14-20(23)10-11-22(19)26-2)15-18-8-5-7-17-6-3-4-9-21(17)18/h3-11,14,24H,12-13,15-16H2,1-2H3. The number of hydrogen-bond acceptors (Lipinski definition) is 3. The average molecular weight is 413 g/mol. The van der Waals surface area contributed by atoms with Gasteiger partial charge in [-0.1, -0.05) is 58.4 Å². The quantitative estimate of drug-likeness (QED) is 0.573. The number of halogens is 1. The van der Waals surface area contributed by atoms with Gasteiger partial charge in [-0.25, -0.2) is 0 Å². The van der Waals surface area contributed by atoms with E-state index >= 15 is 0 Å². The summed E-state index contributed by atoms with van der Waals surface area (Å²) in [6, 6.07) is 21.3. The highest BCUT2D eigenvalue weighted by molar-refractivity contribution is 9.10. The summed E-state index contributed by atoms with van der Waals surface area (Å²) in [6.07, 6.45) is 0. The number of methoxy groups -OCH3 is 1. The van der Waals surface area contributed by atoms with Gasteiger partial charge in [0.05, 0.1) is 7.11 Å². The second-order valence-corrected chi connectivity index (χ2v) is 7.32. The molecule has 4 heteroatoms. The molecule has 0 aromatic heterocycles. The lowest BCUT2D eigenvalue weighted by atomic mass is 10.0. The maximum atomic E-state index is 5.56. The first kappa shape index (κ1) is 18.9. The van der Waals surface area contributed by atoms with Crippen molar-refractivity contribution in [2.24, 2.45) is 0 Å². The van der Waals surface area contributed by atoms with E-state index in [1.807, 2.05) is 19.2 Å². The zero-order chi connectivity index (χ0) is 18.4. The zero-order valence-electron chi connectivity index (χ0n) is 15.3. The molecular formula is C22H25BrN2O. The highest BCUT2D eigenvalue weighted by Crippen LogP contribution is 2.26. The molecular weight excluding hydrogens is 388 g/mol. The number of nitrogens with zero attached hydrogens (tertiary/aromatic N) is 1. The predicted octanol–water partition coefficient (Wildman–Crippen LogP) is 4.83. The Hall–Kier alpha value is -1.88. The molecule has 0 aliphatic rings. The van der Waals surface area contributed by atoms with Crippen molar-refractivity contribution >= 4 is 26.7 Å². The summed E-state index contributed by atoms with van der Waals surface area (Å²) < 4.78 is 6.64. The van der Waals surface area contributed by atoms with Crippen LogP contribution in [0.2, 0.25) is 0 Å². The fourth-order valence-electron chi connectivity index (χ4n) is 3.27. The van der Waals surface area contributed by atoms with E-state index in [-0.39, 0.29) is 0 Å². The van der Waals surface area contributed by atoms with E-state index in [0.29, 0.717) is 0 Å². The van der Waals surface area contributed by atoms with Gasteiger partial charge in [0, 0.05) is 36.2 Å². The van der Waals surface area contributed by atoms with Crippen LogP contribution in [0.25, 0.3) is 10.8 Å². The van der Waals surface area contributed by atoms with Crippen LogP contribution in [0.1, 0.15) is 11.1 Å². The number of hydrogen-bond donors (Lipinski definition) is 1. The second-order valence-electron chi connectivity index (χ2n) is 6.41. The Kier molecular flexibility index (Phi) is 6.67. The molecule has 1 N–H and O–H groups in total. The molecule has 0 bridgehead atoms. The Balaban J connectivity index is 1.87. The van der Waals surface area contributed by atoms with Crippen molar-refractivity contribution in [2.75, 3.05) is 27.2 Å². The second kappa shape index (κ2) is 9.17. The van der Waals surface area contributed by atoms with Gasteiger partial charge in [-0.2, -0.15) is 0 Å². The van der Waals surface area contributed by atoms with Gasteiger partial charge in [0.2, 0.25) is 0 Å². The summed E-state index contributed by atoms with van der Waals surface area (Å²) in [6.45, 7) is 3.66. The van der Waals surface area contributed by atoms with Gasteiger partial charge in [0.1, 0.15) is 5.75 Å². The molecule has 0 radical (unpaired) electrons. The molecule has 136 valence electrons. The highest BCUT2D eigenvalue weighted by Gasteiger charge is 2.12. The number of likely N-dealkylation sites (N-methyl/N-ethyl adjacent to an activating group) is 1. The third-order valence-corrected chi connectivity index (χ3v) is 5.08. The van der Waals surface area contributed by atoms with Gasteiger partial charge in [-0.05, 0) is 41.6 Å². The molecule has 0 amide bonds. The zero-order valence-corrected chi connectivity index (χ0v) is 16.9. The van der Waals surface area contributed by atoms with Gasteiger partial charge < -0.3 is 10.1 Å². The summed E-state index contributed by atoms with van der Waals surface area (Å²) in [5.74, 6) is 0.931. The molecule has 3 nitrogen and oxygen atoms in total. The van der Waals surface area contributed by atoms with Crippen molar-refractivity contribution in [2.45, 2.75) is 13.1 Å². The molecule has 0 saturated carbocycles. The van der Waals surface area contributed by atoms with E-state index in [1.54, 1.807) is 7.11 Å². The summed E-state index contributed by atoms with van der Waals surface area (Å²) in [5, 5.41) is 5.88. The van der Waals surface area contributed by atoms with E-state index in [2.05, 4.69) is 74.7 Å². The van der Waals surface area contributed by atoms with Crippen molar-refractivity contribution in [3.05, 3.63) is 76.3 Å². The van der Waals surface area contributed by atoms with Crippen LogP contribution in [0.4, 0.5) is 0 Å². The molecule has 0 aliphatic heterocycles. The lowest BCUT2D eigenvalue weighted by Crippen LogP contribution is -2.30. The third kappa shape index (κ3) is 4.64.